The van der Waals surface area contributed by atoms with Crippen LogP contribution in [0.1, 0.15) is 17.8 Å². The summed E-state index contributed by atoms with van der Waals surface area (Å²) >= 11 is 0. The molecular weight excluding hydrogens is 228 g/mol. The molecule has 5 nitrogen and oxygen atoms in total. The molecule has 1 aromatic rings. The third kappa shape index (κ3) is 4.98. The van der Waals surface area contributed by atoms with Crippen molar-refractivity contribution >= 4 is 0 Å². The smallest absolute Gasteiger partial charge is 0.315 e. The van der Waals surface area contributed by atoms with Crippen LogP contribution in [-0.2, 0) is 6.54 Å². The molecule has 0 fully saturated rings. The fourth-order valence-electron chi connectivity index (χ4n) is 1.88. The van der Waals surface area contributed by atoms with Crippen LogP contribution in [0.5, 0.6) is 0 Å². The summed E-state index contributed by atoms with van der Waals surface area (Å²) in [5.41, 5.74) is 1.61. The zero-order valence-corrected chi connectivity index (χ0v) is 11.9. The predicted molar refractivity (Wildman–Crippen MR) is 74.0 cm³/mol. The second-order valence-electron chi connectivity index (χ2n) is 4.88. The summed E-state index contributed by atoms with van der Waals surface area (Å²) in [5, 5.41) is 3.34. The van der Waals surface area contributed by atoms with Crippen molar-refractivity contribution in [1.82, 2.24) is 19.8 Å². The van der Waals surface area contributed by atoms with Crippen molar-refractivity contribution in [2.24, 2.45) is 0 Å². The Morgan fingerprint density at radius 2 is 2.06 bits per heavy atom. The fraction of sp³-hybridized carbons (Fsp3) is 0.692. The summed E-state index contributed by atoms with van der Waals surface area (Å²) in [4.78, 5) is 17.8. The second kappa shape index (κ2) is 7.28. The fourth-order valence-corrected chi connectivity index (χ4v) is 1.88. The predicted octanol–water partition coefficient (Wildman–Crippen LogP) is 0.401. The molecule has 0 unspecified atom stereocenters. The number of hydrogen-bond acceptors (Lipinski definition) is 4. The first-order valence-corrected chi connectivity index (χ1v) is 6.41. The SMILES string of the molecule is Cc1cc(C)n(CCNCCCN(C)C)c(=O)n1. The molecule has 102 valence electrons. The van der Waals surface area contributed by atoms with Crippen molar-refractivity contribution < 1.29 is 0 Å². The van der Waals surface area contributed by atoms with E-state index in [1.807, 2.05) is 19.9 Å². The molecule has 0 aliphatic rings. The van der Waals surface area contributed by atoms with Gasteiger partial charge in [-0.15, -0.1) is 0 Å². The van der Waals surface area contributed by atoms with Gasteiger partial charge in [-0.1, -0.05) is 0 Å². The normalized spacial score (nSPS) is 11.2. The highest BCUT2D eigenvalue weighted by atomic mass is 16.1. The summed E-state index contributed by atoms with van der Waals surface area (Å²) in [6.45, 7) is 7.34. The van der Waals surface area contributed by atoms with Gasteiger partial charge in [0.2, 0.25) is 0 Å². The molecule has 5 heteroatoms. The van der Waals surface area contributed by atoms with E-state index in [9.17, 15) is 4.79 Å². The van der Waals surface area contributed by atoms with Gasteiger partial charge in [-0.3, -0.25) is 4.57 Å². The van der Waals surface area contributed by atoms with E-state index in [4.69, 9.17) is 0 Å². The molecule has 0 aliphatic carbocycles. The first-order valence-electron chi connectivity index (χ1n) is 6.41. The zero-order valence-electron chi connectivity index (χ0n) is 11.9. The van der Waals surface area contributed by atoms with Crippen LogP contribution in [0.25, 0.3) is 0 Å². The average molecular weight is 252 g/mol. The van der Waals surface area contributed by atoms with Gasteiger partial charge in [0.15, 0.2) is 0 Å². The second-order valence-corrected chi connectivity index (χ2v) is 4.88. The Balaban J connectivity index is 2.34. The highest BCUT2D eigenvalue weighted by Gasteiger charge is 2.01. The Kier molecular flexibility index (Phi) is 6.01. The van der Waals surface area contributed by atoms with Gasteiger partial charge >= 0.3 is 5.69 Å². The molecule has 0 spiro atoms. The molecule has 0 radical (unpaired) electrons. The van der Waals surface area contributed by atoms with Gasteiger partial charge in [-0.05, 0) is 53.5 Å². The van der Waals surface area contributed by atoms with Crippen LogP contribution in [0.4, 0.5) is 0 Å². The largest absolute Gasteiger partial charge is 0.347 e. The van der Waals surface area contributed by atoms with Crippen molar-refractivity contribution in [3.63, 3.8) is 0 Å². The Morgan fingerprint density at radius 1 is 1.33 bits per heavy atom. The van der Waals surface area contributed by atoms with Gasteiger partial charge in [0, 0.05) is 24.5 Å². The number of aromatic nitrogens is 2. The Hall–Kier alpha value is -1.20. The van der Waals surface area contributed by atoms with Crippen molar-refractivity contribution in [1.29, 1.82) is 0 Å². The van der Waals surface area contributed by atoms with E-state index in [2.05, 4.69) is 29.3 Å². The maximum Gasteiger partial charge on any atom is 0.347 e. The monoisotopic (exact) mass is 252 g/mol. The summed E-state index contributed by atoms with van der Waals surface area (Å²) in [6, 6.07) is 1.94. The summed E-state index contributed by atoms with van der Waals surface area (Å²) < 4.78 is 1.71. The lowest BCUT2D eigenvalue weighted by atomic mass is 10.3. The molecule has 1 rings (SSSR count). The summed E-state index contributed by atoms with van der Waals surface area (Å²) in [5.74, 6) is 0. The number of nitrogens with zero attached hydrogens (tertiary/aromatic N) is 3. The molecule has 18 heavy (non-hydrogen) atoms. The Bertz CT molecular complexity index is 425. The molecule has 0 atom stereocenters. The molecule has 0 aromatic carbocycles. The number of nitrogens with one attached hydrogen (secondary N) is 1. The lowest BCUT2D eigenvalue weighted by Gasteiger charge is -2.12. The summed E-state index contributed by atoms with van der Waals surface area (Å²) in [7, 11) is 4.14. The number of rotatable bonds is 7. The van der Waals surface area contributed by atoms with Gasteiger partial charge in [0.05, 0.1) is 0 Å². The van der Waals surface area contributed by atoms with Crippen molar-refractivity contribution in [3.8, 4) is 0 Å². The standard InChI is InChI=1S/C13H24N4O/c1-11-10-12(2)17(13(18)15-11)9-7-14-6-5-8-16(3)4/h10,14H,5-9H2,1-4H3. The topological polar surface area (TPSA) is 50.2 Å². The van der Waals surface area contributed by atoms with Gasteiger partial charge in [0.1, 0.15) is 0 Å². The lowest BCUT2D eigenvalue weighted by Crippen LogP contribution is -2.31. The van der Waals surface area contributed by atoms with Gasteiger partial charge in [0.25, 0.3) is 0 Å². The molecule has 0 aliphatic heterocycles. The van der Waals surface area contributed by atoms with Gasteiger partial charge in [-0.2, -0.15) is 4.98 Å². The Labute approximate surface area is 109 Å². The third-order valence-corrected chi connectivity index (χ3v) is 2.82. The van der Waals surface area contributed by atoms with E-state index in [-0.39, 0.29) is 5.69 Å². The van der Waals surface area contributed by atoms with Crippen LogP contribution in [0.3, 0.4) is 0 Å². The minimum absolute atomic E-state index is 0.150. The highest BCUT2D eigenvalue weighted by molar-refractivity contribution is 5.06. The van der Waals surface area contributed by atoms with Crippen molar-refractivity contribution in [2.45, 2.75) is 26.8 Å². The molecule has 0 amide bonds. The zero-order chi connectivity index (χ0) is 13.5. The molecule has 1 heterocycles. The molecule has 1 aromatic heterocycles. The van der Waals surface area contributed by atoms with Crippen LogP contribution in [0, 0.1) is 13.8 Å². The van der Waals surface area contributed by atoms with Crippen LogP contribution >= 0.6 is 0 Å². The molecule has 0 bridgehead atoms. The molecule has 0 saturated heterocycles. The quantitative estimate of drug-likeness (QED) is 0.714. The Morgan fingerprint density at radius 3 is 2.67 bits per heavy atom. The average Bonchev–Trinajstić information content (AvgIpc) is 2.25. The maximum absolute atomic E-state index is 11.7. The van der Waals surface area contributed by atoms with Gasteiger partial charge < -0.3 is 10.2 Å². The van der Waals surface area contributed by atoms with Crippen LogP contribution in [0.2, 0.25) is 0 Å². The first-order chi connectivity index (χ1) is 8.50. The molecule has 0 saturated carbocycles. The van der Waals surface area contributed by atoms with E-state index < -0.39 is 0 Å². The van der Waals surface area contributed by atoms with E-state index in [1.165, 1.54) is 0 Å². The van der Waals surface area contributed by atoms with E-state index in [0.29, 0.717) is 6.54 Å². The molecule has 1 N–H and O–H groups in total. The first kappa shape index (κ1) is 14.9. The number of hydrogen-bond donors (Lipinski definition) is 1. The van der Waals surface area contributed by atoms with E-state index >= 15 is 0 Å². The highest BCUT2D eigenvalue weighted by Crippen LogP contribution is 1.95. The number of aryl methyl sites for hydroxylation is 2. The van der Waals surface area contributed by atoms with Crippen molar-refractivity contribution in [3.05, 3.63) is 27.9 Å². The minimum Gasteiger partial charge on any atom is -0.315 e. The van der Waals surface area contributed by atoms with E-state index in [1.54, 1.807) is 4.57 Å². The summed E-state index contributed by atoms with van der Waals surface area (Å²) in [6.07, 6.45) is 1.12. The molecular formula is C13H24N4O. The van der Waals surface area contributed by atoms with E-state index in [0.717, 1.165) is 37.4 Å². The van der Waals surface area contributed by atoms with Gasteiger partial charge in [-0.25, -0.2) is 4.79 Å². The van der Waals surface area contributed by atoms with Crippen molar-refractivity contribution in [2.75, 3.05) is 33.7 Å². The van der Waals surface area contributed by atoms with Crippen LogP contribution < -0.4 is 11.0 Å². The van der Waals surface area contributed by atoms with Crippen LogP contribution in [0.15, 0.2) is 10.9 Å². The minimum atomic E-state index is -0.150. The third-order valence-electron chi connectivity index (χ3n) is 2.82. The lowest BCUT2D eigenvalue weighted by molar-refractivity contribution is 0.393. The maximum atomic E-state index is 11.7. The van der Waals surface area contributed by atoms with Crippen LogP contribution in [-0.4, -0.2) is 48.2 Å².